The number of ether oxygens (including phenoxy) is 4. The zero-order valence-electron chi connectivity index (χ0n) is 18.2. The number of carboxylic acid groups (broad SMARTS) is 1. The topological polar surface area (TPSA) is 91.3 Å². The zero-order valence-corrected chi connectivity index (χ0v) is 18.2. The van der Waals surface area contributed by atoms with Crippen LogP contribution in [-0.2, 0) is 9.59 Å². The quantitative estimate of drug-likeness (QED) is 0.312. The Morgan fingerprint density at radius 3 is 2.09 bits per heavy atom. The Bertz CT molecular complexity index is 1160. The van der Waals surface area contributed by atoms with Gasteiger partial charge in [-0.3, -0.25) is 4.79 Å². The van der Waals surface area contributed by atoms with Crippen LogP contribution in [0.4, 0.5) is 0 Å². The number of carboxylic acids is 1. The molecule has 1 N–H and O–H groups in total. The van der Waals surface area contributed by atoms with Crippen molar-refractivity contribution >= 4 is 28.8 Å². The van der Waals surface area contributed by atoms with Crippen LogP contribution in [0.15, 0.2) is 54.6 Å². The van der Waals surface area contributed by atoms with Crippen molar-refractivity contribution < 1.29 is 33.6 Å². The molecule has 0 amide bonds. The largest absolute Gasteiger partial charge is 0.493 e. The van der Waals surface area contributed by atoms with E-state index < -0.39 is 17.9 Å². The molecule has 0 unspecified atom stereocenters. The van der Waals surface area contributed by atoms with Gasteiger partial charge in [-0.05, 0) is 59.2 Å². The predicted octanol–water partition coefficient (Wildman–Crippen LogP) is 4.67. The molecular weight excluding hydrogens is 412 g/mol. The lowest BCUT2D eigenvalue weighted by molar-refractivity contribution is -0.138. The summed E-state index contributed by atoms with van der Waals surface area (Å²) in [6, 6.07) is 14.0. The molecule has 1 atom stereocenters. The first-order valence-corrected chi connectivity index (χ1v) is 9.82. The summed E-state index contributed by atoms with van der Waals surface area (Å²) >= 11 is 0. The van der Waals surface area contributed by atoms with Gasteiger partial charge in [0.1, 0.15) is 5.75 Å². The lowest BCUT2D eigenvalue weighted by Gasteiger charge is -2.12. The maximum Gasteiger partial charge on any atom is 0.336 e. The second-order valence-corrected chi connectivity index (χ2v) is 7.04. The van der Waals surface area contributed by atoms with Crippen LogP contribution in [0, 0.1) is 0 Å². The van der Waals surface area contributed by atoms with Gasteiger partial charge in [0.15, 0.2) is 11.5 Å². The van der Waals surface area contributed by atoms with Gasteiger partial charge in [0.05, 0.1) is 27.2 Å². The van der Waals surface area contributed by atoms with Crippen molar-refractivity contribution in [2.75, 3.05) is 21.3 Å². The van der Waals surface area contributed by atoms with Crippen LogP contribution in [0.5, 0.6) is 23.0 Å². The molecule has 0 aliphatic rings. The van der Waals surface area contributed by atoms with Crippen molar-refractivity contribution in [3.05, 3.63) is 65.7 Å². The highest BCUT2D eigenvalue weighted by molar-refractivity contribution is 5.91. The second-order valence-electron chi connectivity index (χ2n) is 7.04. The molecule has 3 rings (SSSR count). The van der Waals surface area contributed by atoms with Crippen LogP contribution in [-0.4, -0.2) is 38.4 Å². The average Bonchev–Trinajstić information content (AvgIpc) is 2.80. The van der Waals surface area contributed by atoms with E-state index in [2.05, 4.69) is 0 Å². The molecule has 0 radical (unpaired) electrons. The standard InChI is InChI=1S/C25H24O7/c1-15(25(27)28)17-6-7-19-14-20(9-8-18(19)13-17)32-23(26)10-5-16-11-21(29-2)24(31-4)22(12-16)30-3/h5-15H,1-4H3,(H,27,28)/b10-5+/t15-/m0/s1. The fourth-order valence-electron chi connectivity index (χ4n) is 3.23. The van der Waals surface area contributed by atoms with Crippen LogP contribution in [0.1, 0.15) is 24.0 Å². The Kier molecular flexibility index (Phi) is 7.00. The van der Waals surface area contributed by atoms with Gasteiger partial charge < -0.3 is 24.1 Å². The molecule has 0 aromatic heterocycles. The summed E-state index contributed by atoms with van der Waals surface area (Å²) in [4.78, 5) is 23.5. The fourth-order valence-corrected chi connectivity index (χ4v) is 3.23. The number of aliphatic carboxylic acids is 1. The summed E-state index contributed by atoms with van der Waals surface area (Å²) in [5.41, 5.74) is 1.39. The zero-order chi connectivity index (χ0) is 23.3. The van der Waals surface area contributed by atoms with E-state index in [4.69, 9.17) is 18.9 Å². The monoisotopic (exact) mass is 436 g/mol. The molecule has 0 aliphatic carbocycles. The number of hydrogen-bond acceptors (Lipinski definition) is 6. The fraction of sp³-hybridized carbons (Fsp3) is 0.200. The minimum atomic E-state index is -0.881. The molecule has 7 nitrogen and oxygen atoms in total. The number of hydrogen-bond donors (Lipinski definition) is 1. The Balaban J connectivity index is 1.76. The second kappa shape index (κ2) is 9.87. The van der Waals surface area contributed by atoms with Gasteiger partial charge >= 0.3 is 11.9 Å². The van der Waals surface area contributed by atoms with E-state index in [1.54, 1.807) is 49.4 Å². The van der Waals surface area contributed by atoms with E-state index in [0.29, 0.717) is 34.1 Å². The summed E-state index contributed by atoms with van der Waals surface area (Å²) in [7, 11) is 4.55. The highest BCUT2D eigenvalue weighted by atomic mass is 16.5. The van der Waals surface area contributed by atoms with Crippen molar-refractivity contribution in [1.29, 1.82) is 0 Å². The lowest BCUT2D eigenvalue weighted by atomic mass is 9.98. The number of esters is 1. The first-order valence-electron chi connectivity index (χ1n) is 9.82. The number of carbonyl (C=O) groups excluding carboxylic acids is 1. The van der Waals surface area contributed by atoms with Crippen molar-refractivity contribution in [2.45, 2.75) is 12.8 Å². The maximum absolute atomic E-state index is 12.3. The molecule has 32 heavy (non-hydrogen) atoms. The van der Waals surface area contributed by atoms with Crippen LogP contribution in [0.2, 0.25) is 0 Å². The van der Waals surface area contributed by atoms with Gasteiger partial charge in [-0.15, -0.1) is 0 Å². The highest BCUT2D eigenvalue weighted by Gasteiger charge is 2.14. The number of fused-ring (bicyclic) bond motifs is 1. The van der Waals surface area contributed by atoms with E-state index in [1.807, 2.05) is 12.1 Å². The van der Waals surface area contributed by atoms with Crippen LogP contribution >= 0.6 is 0 Å². The number of benzene rings is 3. The number of carbonyl (C=O) groups is 2. The van der Waals surface area contributed by atoms with E-state index >= 15 is 0 Å². The minimum Gasteiger partial charge on any atom is -0.493 e. The van der Waals surface area contributed by atoms with E-state index in [-0.39, 0.29) is 0 Å². The molecule has 7 heteroatoms. The van der Waals surface area contributed by atoms with E-state index in [9.17, 15) is 14.7 Å². The molecule has 166 valence electrons. The molecule has 0 spiro atoms. The van der Waals surface area contributed by atoms with Gasteiger partial charge in [-0.25, -0.2) is 4.79 Å². The molecule has 3 aromatic rings. The van der Waals surface area contributed by atoms with Gasteiger partial charge in [-0.2, -0.15) is 0 Å². The van der Waals surface area contributed by atoms with Gasteiger partial charge in [0.25, 0.3) is 0 Å². The van der Waals surface area contributed by atoms with E-state index in [0.717, 1.165) is 10.8 Å². The Morgan fingerprint density at radius 2 is 1.50 bits per heavy atom. The predicted molar refractivity (Wildman–Crippen MR) is 121 cm³/mol. The first-order chi connectivity index (χ1) is 15.4. The molecule has 0 aliphatic heterocycles. The Labute approximate surface area is 185 Å². The minimum absolute atomic E-state index is 0.385. The Hall–Kier alpha value is -4.00. The summed E-state index contributed by atoms with van der Waals surface area (Å²) in [6.07, 6.45) is 2.90. The third-order valence-electron chi connectivity index (χ3n) is 5.02. The summed E-state index contributed by atoms with van der Waals surface area (Å²) in [5, 5.41) is 10.9. The molecule has 0 bridgehead atoms. The third-order valence-corrected chi connectivity index (χ3v) is 5.02. The summed E-state index contributed by atoms with van der Waals surface area (Å²) in [5.74, 6) is -0.222. The Morgan fingerprint density at radius 1 is 0.875 bits per heavy atom. The first kappa shape index (κ1) is 22.7. The molecule has 0 saturated heterocycles. The molecular formula is C25H24O7. The van der Waals surface area contributed by atoms with Crippen molar-refractivity contribution in [1.82, 2.24) is 0 Å². The average molecular weight is 436 g/mol. The van der Waals surface area contributed by atoms with Crippen molar-refractivity contribution in [3.63, 3.8) is 0 Å². The summed E-state index contributed by atoms with van der Waals surface area (Å²) in [6.45, 7) is 1.64. The SMILES string of the molecule is COc1cc(/C=C/C(=O)Oc2ccc3cc([C@H](C)C(=O)O)ccc3c2)cc(OC)c1OC. The molecule has 3 aromatic carbocycles. The maximum atomic E-state index is 12.3. The van der Waals surface area contributed by atoms with Gasteiger partial charge in [0, 0.05) is 6.08 Å². The van der Waals surface area contributed by atoms with Gasteiger partial charge in [-0.1, -0.05) is 24.3 Å². The van der Waals surface area contributed by atoms with Crippen molar-refractivity contribution in [2.24, 2.45) is 0 Å². The highest BCUT2D eigenvalue weighted by Crippen LogP contribution is 2.38. The smallest absolute Gasteiger partial charge is 0.336 e. The van der Waals surface area contributed by atoms with Crippen LogP contribution in [0.25, 0.3) is 16.8 Å². The normalized spacial score (nSPS) is 11.9. The van der Waals surface area contributed by atoms with Gasteiger partial charge in [0.2, 0.25) is 5.75 Å². The van der Waals surface area contributed by atoms with Crippen LogP contribution in [0.3, 0.4) is 0 Å². The van der Waals surface area contributed by atoms with E-state index in [1.165, 1.54) is 27.4 Å². The summed E-state index contributed by atoms with van der Waals surface area (Å²) < 4.78 is 21.3. The molecule has 0 saturated carbocycles. The van der Waals surface area contributed by atoms with Crippen molar-refractivity contribution in [3.8, 4) is 23.0 Å². The third kappa shape index (κ3) is 5.00. The van der Waals surface area contributed by atoms with Crippen LogP contribution < -0.4 is 18.9 Å². The molecule has 0 fully saturated rings. The lowest BCUT2D eigenvalue weighted by Crippen LogP contribution is -2.07. The number of methoxy groups -OCH3 is 3. The molecule has 0 heterocycles. The number of rotatable bonds is 8.